The van der Waals surface area contributed by atoms with E-state index in [0.717, 1.165) is 16.2 Å². The van der Waals surface area contributed by atoms with E-state index in [-0.39, 0.29) is 0 Å². The van der Waals surface area contributed by atoms with Crippen molar-refractivity contribution in [1.29, 1.82) is 0 Å². The van der Waals surface area contributed by atoms with Crippen LogP contribution in [0.2, 0.25) is 0 Å². The fourth-order valence-electron chi connectivity index (χ4n) is 2.23. The van der Waals surface area contributed by atoms with E-state index < -0.39 is 8.32 Å². The van der Waals surface area contributed by atoms with Gasteiger partial charge in [-0.2, -0.15) is 0 Å². The molecule has 5 heteroatoms. The minimum absolute atomic E-state index is 0.550. The average molecular weight is 274 g/mol. The molecule has 0 atom stereocenters. The Labute approximate surface area is 111 Å². The molecule has 0 N–H and O–H groups in total. The molecule has 0 fully saturated rings. The summed E-state index contributed by atoms with van der Waals surface area (Å²) >= 11 is 0. The van der Waals surface area contributed by atoms with Crippen molar-refractivity contribution in [3.63, 3.8) is 0 Å². The van der Waals surface area contributed by atoms with Gasteiger partial charge in [-0.05, 0) is 43.3 Å². The van der Waals surface area contributed by atoms with Crippen LogP contribution in [0.3, 0.4) is 0 Å². The molecular formula is C14H14O4Si. The van der Waals surface area contributed by atoms with Crippen LogP contribution in [-0.2, 0) is 4.43 Å². The molecule has 3 heterocycles. The minimum Gasteiger partial charge on any atom is -0.470 e. The molecule has 0 aromatic carbocycles. The highest BCUT2D eigenvalue weighted by Crippen LogP contribution is 2.10. The fourth-order valence-corrected chi connectivity index (χ4v) is 5.51. The SMILES string of the molecule is CCO[Si](c1ccco1)(c1ccco1)c1ccco1. The predicted molar refractivity (Wildman–Crippen MR) is 72.4 cm³/mol. The van der Waals surface area contributed by atoms with Crippen LogP contribution in [0.1, 0.15) is 6.92 Å². The highest BCUT2D eigenvalue weighted by molar-refractivity contribution is 7.05. The zero-order valence-corrected chi connectivity index (χ0v) is 11.5. The van der Waals surface area contributed by atoms with Crippen LogP contribution in [0, 0.1) is 0 Å². The molecule has 0 aliphatic rings. The number of hydrogen-bond donors (Lipinski definition) is 0. The Morgan fingerprint density at radius 1 is 0.842 bits per heavy atom. The van der Waals surface area contributed by atoms with Crippen LogP contribution in [0.4, 0.5) is 0 Å². The lowest BCUT2D eigenvalue weighted by atomic mass is 10.7. The van der Waals surface area contributed by atoms with Gasteiger partial charge in [0, 0.05) is 6.61 Å². The second kappa shape index (κ2) is 4.95. The summed E-state index contributed by atoms with van der Waals surface area (Å²) < 4.78 is 23.0. The van der Waals surface area contributed by atoms with Gasteiger partial charge >= 0.3 is 8.32 Å². The van der Waals surface area contributed by atoms with Crippen LogP contribution in [0.15, 0.2) is 68.4 Å². The third-order valence-electron chi connectivity index (χ3n) is 2.97. The first-order chi connectivity index (χ1) is 9.38. The summed E-state index contributed by atoms with van der Waals surface area (Å²) in [6.07, 6.45) is 4.92. The van der Waals surface area contributed by atoms with Crippen LogP contribution in [0.25, 0.3) is 0 Å². The summed E-state index contributed by atoms with van der Waals surface area (Å²) in [7, 11) is -2.77. The van der Waals surface area contributed by atoms with E-state index in [9.17, 15) is 0 Å². The van der Waals surface area contributed by atoms with Crippen molar-refractivity contribution in [3.05, 3.63) is 55.2 Å². The summed E-state index contributed by atoms with van der Waals surface area (Å²) in [5, 5.41) is 2.29. The fraction of sp³-hybridized carbons (Fsp3) is 0.143. The first kappa shape index (κ1) is 12.1. The lowest BCUT2D eigenvalue weighted by Crippen LogP contribution is -2.68. The average Bonchev–Trinajstić information content (AvgIpc) is 3.18. The topological polar surface area (TPSA) is 48.7 Å². The maximum Gasteiger partial charge on any atom is 0.399 e. The lowest BCUT2D eigenvalue weighted by Gasteiger charge is -2.24. The van der Waals surface area contributed by atoms with Gasteiger partial charge in [0.05, 0.1) is 18.8 Å². The Morgan fingerprint density at radius 3 is 1.53 bits per heavy atom. The lowest BCUT2D eigenvalue weighted by molar-refractivity contribution is 0.331. The summed E-state index contributed by atoms with van der Waals surface area (Å²) in [4.78, 5) is 0. The summed E-state index contributed by atoms with van der Waals surface area (Å²) in [6.45, 7) is 2.50. The largest absolute Gasteiger partial charge is 0.470 e. The molecule has 4 nitrogen and oxygen atoms in total. The molecular weight excluding hydrogens is 260 g/mol. The Kier molecular flexibility index (Phi) is 3.14. The van der Waals surface area contributed by atoms with Gasteiger partial charge < -0.3 is 17.7 Å². The third-order valence-corrected chi connectivity index (χ3v) is 6.62. The van der Waals surface area contributed by atoms with Gasteiger partial charge in [0.2, 0.25) is 0 Å². The maximum absolute atomic E-state index is 6.12. The predicted octanol–water partition coefficient (Wildman–Crippen LogP) is 1.47. The summed E-state index contributed by atoms with van der Waals surface area (Å²) in [5.41, 5.74) is 0. The molecule has 3 rings (SSSR count). The summed E-state index contributed by atoms with van der Waals surface area (Å²) in [5.74, 6) is 0. The molecule has 0 unspecified atom stereocenters. The molecule has 0 amide bonds. The van der Waals surface area contributed by atoms with Crippen molar-refractivity contribution in [3.8, 4) is 0 Å². The van der Waals surface area contributed by atoms with E-state index in [1.165, 1.54) is 0 Å². The van der Waals surface area contributed by atoms with Crippen LogP contribution >= 0.6 is 0 Å². The Morgan fingerprint density at radius 2 is 1.26 bits per heavy atom. The molecule has 0 aliphatic carbocycles. The number of furan rings is 3. The normalized spacial score (nSPS) is 11.8. The molecule has 98 valence electrons. The zero-order valence-electron chi connectivity index (χ0n) is 10.5. The molecule has 0 saturated heterocycles. The molecule has 3 aromatic rings. The third kappa shape index (κ3) is 1.87. The molecule has 0 aliphatic heterocycles. The number of rotatable bonds is 5. The Hall–Kier alpha value is -1.98. The van der Waals surface area contributed by atoms with Gasteiger partial charge in [0.1, 0.15) is 16.2 Å². The molecule has 0 spiro atoms. The van der Waals surface area contributed by atoms with Gasteiger partial charge in [0.25, 0.3) is 0 Å². The molecule has 3 aromatic heterocycles. The minimum atomic E-state index is -2.77. The highest BCUT2D eigenvalue weighted by atomic mass is 28.4. The molecule has 19 heavy (non-hydrogen) atoms. The van der Waals surface area contributed by atoms with E-state index in [0.29, 0.717) is 6.61 Å². The quantitative estimate of drug-likeness (QED) is 0.661. The first-order valence-electron chi connectivity index (χ1n) is 6.14. The van der Waals surface area contributed by atoms with Crippen molar-refractivity contribution in [2.24, 2.45) is 0 Å². The van der Waals surface area contributed by atoms with Gasteiger partial charge in [0.15, 0.2) is 0 Å². The monoisotopic (exact) mass is 274 g/mol. The second-order valence-corrected chi connectivity index (χ2v) is 7.18. The zero-order chi connectivity index (χ0) is 13.1. The molecule has 0 bridgehead atoms. The van der Waals surface area contributed by atoms with Gasteiger partial charge in [-0.15, -0.1) is 0 Å². The van der Waals surface area contributed by atoms with Crippen molar-refractivity contribution in [2.45, 2.75) is 6.92 Å². The van der Waals surface area contributed by atoms with Crippen molar-refractivity contribution >= 4 is 24.5 Å². The molecule has 0 saturated carbocycles. The van der Waals surface area contributed by atoms with Crippen LogP contribution in [0.5, 0.6) is 0 Å². The number of hydrogen-bond acceptors (Lipinski definition) is 4. The Balaban J connectivity index is 2.24. The van der Waals surface area contributed by atoms with Gasteiger partial charge in [-0.3, -0.25) is 0 Å². The van der Waals surface area contributed by atoms with Crippen molar-refractivity contribution in [2.75, 3.05) is 6.61 Å². The smallest absolute Gasteiger partial charge is 0.399 e. The van der Waals surface area contributed by atoms with E-state index in [1.807, 2.05) is 43.3 Å². The standard InChI is InChI=1S/C14H14O4Si/c1-2-18-19(12-6-3-9-15-12,13-7-4-10-16-13)14-8-5-11-17-14/h3-11H,2H2,1H3. The van der Waals surface area contributed by atoms with E-state index in [4.69, 9.17) is 17.7 Å². The first-order valence-corrected chi connectivity index (χ1v) is 8.04. The second-order valence-electron chi connectivity index (χ2n) is 4.05. The summed E-state index contributed by atoms with van der Waals surface area (Å²) in [6, 6.07) is 11.3. The van der Waals surface area contributed by atoms with Crippen LogP contribution < -0.4 is 16.2 Å². The van der Waals surface area contributed by atoms with E-state index in [2.05, 4.69) is 0 Å². The van der Waals surface area contributed by atoms with Gasteiger partial charge in [-0.1, -0.05) is 0 Å². The van der Waals surface area contributed by atoms with E-state index in [1.54, 1.807) is 18.8 Å². The van der Waals surface area contributed by atoms with Crippen LogP contribution in [-0.4, -0.2) is 14.9 Å². The Bertz CT molecular complexity index is 512. The van der Waals surface area contributed by atoms with Gasteiger partial charge in [-0.25, -0.2) is 0 Å². The van der Waals surface area contributed by atoms with Crippen molar-refractivity contribution < 1.29 is 17.7 Å². The van der Waals surface area contributed by atoms with E-state index >= 15 is 0 Å². The molecule has 0 radical (unpaired) electrons. The highest BCUT2D eigenvalue weighted by Gasteiger charge is 2.50. The maximum atomic E-state index is 6.12. The van der Waals surface area contributed by atoms with Crippen molar-refractivity contribution in [1.82, 2.24) is 0 Å².